The van der Waals surface area contributed by atoms with Crippen molar-refractivity contribution in [2.45, 2.75) is 13.3 Å². The number of benzene rings is 1. The van der Waals surface area contributed by atoms with Gasteiger partial charge >= 0.3 is 5.97 Å². The highest BCUT2D eigenvalue weighted by Gasteiger charge is 2.18. The van der Waals surface area contributed by atoms with E-state index in [2.05, 4.69) is 15.3 Å². The standard InChI is InChI=1S/C12H12ClFN2O3/c1-2-18-12(17)11(13)16-15-8-5-7-3-4-19-10(7)9(14)6-8/h5-6,15H,2-4H2,1H3/b16-11+. The zero-order valence-corrected chi connectivity index (χ0v) is 11.0. The smallest absolute Gasteiger partial charge is 0.370 e. The number of anilines is 1. The first kappa shape index (κ1) is 13.6. The van der Waals surface area contributed by atoms with Crippen LogP contribution in [-0.2, 0) is 16.0 Å². The van der Waals surface area contributed by atoms with E-state index in [0.717, 1.165) is 5.56 Å². The Morgan fingerprint density at radius 2 is 2.42 bits per heavy atom. The van der Waals surface area contributed by atoms with Crippen LogP contribution in [-0.4, -0.2) is 24.4 Å². The van der Waals surface area contributed by atoms with Crippen LogP contribution < -0.4 is 10.2 Å². The molecule has 0 unspecified atom stereocenters. The molecule has 1 N–H and O–H groups in total. The number of esters is 1. The van der Waals surface area contributed by atoms with E-state index >= 15 is 0 Å². The van der Waals surface area contributed by atoms with Crippen molar-refractivity contribution in [2.75, 3.05) is 18.6 Å². The molecule has 1 heterocycles. The molecule has 0 amide bonds. The molecule has 19 heavy (non-hydrogen) atoms. The van der Waals surface area contributed by atoms with E-state index in [0.29, 0.717) is 18.7 Å². The summed E-state index contributed by atoms with van der Waals surface area (Å²) in [4.78, 5) is 11.2. The number of carbonyl (C=O) groups is 1. The lowest BCUT2D eigenvalue weighted by Crippen LogP contribution is -2.13. The van der Waals surface area contributed by atoms with Crippen LogP contribution in [0.1, 0.15) is 12.5 Å². The SMILES string of the molecule is CCOC(=O)/C(Cl)=N\Nc1cc(F)c2c(c1)CCO2. The van der Waals surface area contributed by atoms with Crippen LogP contribution in [0, 0.1) is 5.82 Å². The Kier molecular flexibility index (Phi) is 4.21. The van der Waals surface area contributed by atoms with E-state index in [9.17, 15) is 9.18 Å². The van der Waals surface area contributed by atoms with Crippen LogP contribution >= 0.6 is 11.6 Å². The van der Waals surface area contributed by atoms with Gasteiger partial charge in [-0.3, -0.25) is 5.43 Å². The predicted octanol–water partition coefficient (Wildman–Crippen LogP) is 2.29. The summed E-state index contributed by atoms with van der Waals surface area (Å²) in [7, 11) is 0. The molecular formula is C12H12ClFN2O3. The van der Waals surface area contributed by atoms with Crippen molar-refractivity contribution in [3.8, 4) is 5.75 Å². The highest BCUT2D eigenvalue weighted by Crippen LogP contribution is 2.31. The molecule has 1 aliphatic rings. The number of fused-ring (bicyclic) bond motifs is 1. The maximum Gasteiger partial charge on any atom is 0.370 e. The summed E-state index contributed by atoms with van der Waals surface area (Å²) in [6.07, 6.45) is 0.636. The number of halogens is 2. The summed E-state index contributed by atoms with van der Waals surface area (Å²) in [5.41, 5.74) is 3.66. The van der Waals surface area contributed by atoms with Gasteiger partial charge in [-0.15, -0.1) is 0 Å². The topological polar surface area (TPSA) is 59.9 Å². The summed E-state index contributed by atoms with van der Waals surface area (Å²) < 4.78 is 23.4. The fourth-order valence-electron chi connectivity index (χ4n) is 1.68. The van der Waals surface area contributed by atoms with Crippen molar-refractivity contribution in [1.82, 2.24) is 0 Å². The number of hydrogen-bond acceptors (Lipinski definition) is 5. The van der Waals surface area contributed by atoms with Gasteiger partial charge in [0.15, 0.2) is 11.6 Å². The Balaban J connectivity index is 2.10. The zero-order chi connectivity index (χ0) is 13.8. The van der Waals surface area contributed by atoms with Gasteiger partial charge in [-0.05, 0) is 13.0 Å². The molecule has 0 spiro atoms. The molecule has 0 saturated heterocycles. The lowest BCUT2D eigenvalue weighted by Gasteiger charge is -2.05. The van der Waals surface area contributed by atoms with Gasteiger partial charge in [0.25, 0.3) is 0 Å². The molecule has 1 aliphatic heterocycles. The van der Waals surface area contributed by atoms with Gasteiger partial charge in [0.1, 0.15) is 0 Å². The maximum absolute atomic E-state index is 13.6. The Labute approximate surface area is 114 Å². The van der Waals surface area contributed by atoms with Crippen molar-refractivity contribution in [3.05, 3.63) is 23.5 Å². The van der Waals surface area contributed by atoms with Crippen LogP contribution in [0.3, 0.4) is 0 Å². The highest BCUT2D eigenvalue weighted by atomic mass is 35.5. The van der Waals surface area contributed by atoms with Gasteiger partial charge in [0.05, 0.1) is 18.9 Å². The average molecular weight is 287 g/mol. The second-order valence-electron chi connectivity index (χ2n) is 3.78. The summed E-state index contributed by atoms with van der Waals surface area (Å²) in [5.74, 6) is -0.937. The number of carbonyl (C=O) groups excluding carboxylic acids is 1. The number of ether oxygens (including phenoxy) is 2. The molecule has 0 radical (unpaired) electrons. The van der Waals surface area contributed by atoms with Crippen LogP contribution in [0.25, 0.3) is 0 Å². The van der Waals surface area contributed by atoms with Crippen molar-refractivity contribution < 1.29 is 18.7 Å². The second-order valence-corrected chi connectivity index (χ2v) is 4.14. The minimum Gasteiger partial charge on any atom is -0.490 e. The van der Waals surface area contributed by atoms with Gasteiger partial charge in [-0.2, -0.15) is 5.10 Å². The Bertz CT molecular complexity index is 534. The first-order chi connectivity index (χ1) is 9.11. The van der Waals surface area contributed by atoms with Crippen molar-refractivity contribution in [2.24, 2.45) is 5.10 Å². The van der Waals surface area contributed by atoms with Crippen LogP contribution in [0.15, 0.2) is 17.2 Å². The van der Waals surface area contributed by atoms with Crippen molar-refractivity contribution in [3.63, 3.8) is 0 Å². The summed E-state index contributed by atoms with van der Waals surface area (Å²) in [6, 6.07) is 2.92. The fraction of sp³-hybridized carbons (Fsp3) is 0.333. The molecule has 102 valence electrons. The fourth-order valence-corrected chi connectivity index (χ4v) is 1.77. The van der Waals surface area contributed by atoms with Crippen molar-refractivity contribution in [1.29, 1.82) is 0 Å². The van der Waals surface area contributed by atoms with Crippen molar-refractivity contribution >= 4 is 28.4 Å². The summed E-state index contributed by atoms with van der Waals surface area (Å²) in [6.45, 7) is 2.32. The minimum atomic E-state index is -0.735. The first-order valence-corrected chi connectivity index (χ1v) is 6.11. The molecule has 0 saturated carbocycles. The third kappa shape index (κ3) is 3.14. The number of nitrogens with one attached hydrogen (secondary N) is 1. The summed E-state index contributed by atoms with van der Waals surface area (Å²) in [5, 5.41) is 3.28. The van der Waals surface area contributed by atoms with E-state index < -0.39 is 11.8 Å². The summed E-state index contributed by atoms with van der Waals surface area (Å²) >= 11 is 5.61. The molecule has 0 fully saturated rings. The van der Waals surface area contributed by atoms with E-state index in [1.54, 1.807) is 13.0 Å². The van der Waals surface area contributed by atoms with Gasteiger partial charge < -0.3 is 9.47 Å². The third-order valence-electron chi connectivity index (χ3n) is 2.47. The molecule has 7 heteroatoms. The highest BCUT2D eigenvalue weighted by molar-refractivity contribution is 6.82. The maximum atomic E-state index is 13.6. The van der Waals surface area contributed by atoms with Gasteiger partial charge in [0.2, 0.25) is 5.17 Å². The number of hydrazone groups is 1. The lowest BCUT2D eigenvalue weighted by atomic mass is 10.1. The predicted molar refractivity (Wildman–Crippen MR) is 69.1 cm³/mol. The lowest BCUT2D eigenvalue weighted by molar-refractivity contribution is -0.134. The monoisotopic (exact) mass is 286 g/mol. The molecule has 0 atom stereocenters. The zero-order valence-electron chi connectivity index (χ0n) is 10.2. The molecule has 0 aromatic heterocycles. The van der Waals surface area contributed by atoms with Crippen LogP contribution in [0.4, 0.5) is 10.1 Å². The van der Waals surface area contributed by atoms with E-state index in [-0.39, 0.29) is 17.5 Å². The molecule has 2 rings (SSSR count). The third-order valence-corrected chi connectivity index (χ3v) is 2.70. The molecule has 5 nitrogen and oxygen atoms in total. The van der Waals surface area contributed by atoms with Gasteiger partial charge in [-0.1, -0.05) is 11.6 Å². The number of rotatable bonds is 4. The largest absolute Gasteiger partial charge is 0.490 e. The molecule has 1 aromatic carbocycles. The molecular weight excluding hydrogens is 275 g/mol. The average Bonchev–Trinajstić information content (AvgIpc) is 2.85. The van der Waals surface area contributed by atoms with E-state index in [4.69, 9.17) is 16.3 Å². The normalized spacial score (nSPS) is 13.7. The van der Waals surface area contributed by atoms with Gasteiger partial charge in [-0.25, -0.2) is 9.18 Å². The van der Waals surface area contributed by atoms with Gasteiger partial charge in [0, 0.05) is 18.1 Å². The molecule has 0 bridgehead atoms. The first-order valence-electron chi connectivity index (χ1n) is 5.73. The Hall–Kier alpha value is -1.82. The minimum absolute atomic E-state index is 0.204. The molecule has 1 aromatic rings. The van der Waals surface area contributed by atoms with Crippen LogP contribution in [0.2, 0.25) is 0 Å². The number of nitrogens with zero attached hydrogens (tertiary/aromatic N) is 1. The van der Waals surface area contributed by atoms with E-state index in [1.165, 1.54) is 6.07 Å². The quantitative estimate of drug-likeness (QED) is 0.524. The second kappa shape index (κ2) is 5.88. The van der Waals surface area contributed by atoms with E-state index in [1.807, 2.05) is 0 Å². The Morgan fingerprint density at radius 1 is 1.63 bits per heavy atom. The Morgan fingerprint density at radius 3 is 3.16 bits per heavy atom. The number of hydrogen-bond donors (Lipinski definition) is 1. The van der Waals surface area contributed by atoms with Crippen LogP contribution in [0.5, 0.6) is 5.75 Å². The molecule has 0 aliphatic carbocycles.